The van der Waals surface area contributed by atoms with Crippen molar-refractivity contribution in [3.63, 3.8) is 0 Å². The van der Waals surface area contributed by atoms with Gasteiger partial charge in [0.05, 0.1) is 12.2 Å². The zero-order valence-electron chi connectivity index (χ0n) is 19.1. The van der Waals surface area contributed by atoms with E-state index < -0.39 is 6.04 Å². The van der Waals surface area contributed by atoms with Gasteiger partial charge in [0.15, 0.2) is 0 Å². The molecule has 0 spiro atoms. The molecule has 0 radical (unpaired) electrons. The molecule has 3 aliphatic rings. The standard InChI is InChI=1S/C27H25N5O3/c33-25-24-17-30(26(34)29-22-11-12-28-16-21(22)19-9-5-2-6-10-19)13-14-31(24)27(35)32(25)23-15-20(23)18-7-3-1-4-8-18/h1-12,16,20,23-24H,13-15,17H2,(H,28,29,34)/t20-,23+,24+/m1/s1. The van der Waals surface area contributed by atoms with Crippen molar-refractivity contribution >= 4 is 23.7 Å². The lowest BCUT2D eigenvalue weighted by Crippen LogP contribution is -2.55. The second-order valence-corrected chi connectivity index (χ2v) is 9.18. The van der Waals surface area contributed by atoms with Gasteiger partial charge in [-0.3, -0.25) is 14.7 Å². The van der Waals surface area contributed by atoms with Gasteiger partial charge in [-0.15, -0.1) is 0 Å². The van der Waals surface area contributed by atoms with Gasteiger partial charge in [-0.25, -0.2) is 9.59 Å². The van der Waals surface area contributed by atoms with Crippen molar-refractivity contribution < 1.29 is 14.4 Å². The van der Waals surface area contributed by atoms with E-state index in [0.717, 1.165) is 23.1 Å². The number of urea groups is 2. The van der Waals surface area contributed by atoms with E-state index in [1.165, 1.54) is 4.90 Å². The van der Waals surface area contributed by atoms with Gasteiger partial charge in [0.1, 0.15) is 6.04 Å². The maximum Gasteiger partial charge on any atom is 0.327 e. The summed E-state index contributed by atoms with van der Waals surface area (Å²) in [6, 6.07) is 20.2. The van der Waals surface area contributed by atoms with Crippen LogP contribution in [-0.4, -0.2) is 69.4 Å². The average molecular weight is 468 g/mol. The summed E-state index contributed by atoms with van der Waals surface area (Å²) in [6.07, 6.45) is 4.14. The number of aromatic nitrogens is 1. The first-order chi connectivity index (χ1) is 17.1. The van der Waals surface area contributed by atoms with Crippen molar-refractivity contribution in [2.24, 2.45) is 0 Å². The van der Waals surface area contributed by atoms with Crippen LogP contribution in [0, 0.1) is 0 Å². The van der Waals surface area contributed by atoms with Crippen LogP contribution in [0.15, 0.2) is 79.1 Å². The molecule has 1 N–H and O–H groups in total. The van der Waals surface area contributed by atoms with E-state index in [0.29, 0.717) is 18.8 Å². The Morgan fingerprint density at radius 1 is 0.943 bits per heavy atom. The number of nitrogens with zero attached hydrogens (tertiary/aromatic N) is 4. The average Bonchev–Trinajstić information content (AvgIpc) is 3.65. The van der Waals surface area contributed by atoms with Crippen molar-refractivity contribution in [1.29, 1.82) is 0 Å². The van der Waals surface area contributed by atoms with Crippen LogP contribution >= 0.6 is 0 Å². The Hall–Kier alpha value is -4.20. The molecule has 6 rings (SSSR count). The lowest BCUT2D eigenvalue weighted by atomic mass is 10.1. The number of anilines is 1. The van der Waals surface area contributed by atoms with Gasteiger partial charge in [0.2, 0.25) is 0 Å². The van der Waals surface area contributed by atoms with Gasteiger partial charge in [-0.1, -0.05) is 60.7 Å². The SMILES string of the molecule is O=C(Nc1ccncc1-c1ccccc1)N1CCN2C(=O)N([C@H]3C[C@@H]3c3ccccc3)C(=O)[C@@H]2C1. The maximum atomic E-state index is 13.3. The molecule has 5 amide bonds. The number of hydrogen-bond acceptors (Lipinski definition) is 4. The van der Waals surface area contributed by atoms with Crippen LogP contribution < -0.4 is 5.32 Å². The zero-order chi connectivity index (χ0) is 23.9. The van der Waals surface area contributed by atoms with Crippen LogP contribution in [0.3, 0.4) is 0 Å². The second kappa shape index (κ2) is 8.54. The van der Waals surface area contributed by atoms with E-state index in [1.54, 1.807) is 28.3 Å². The molecule has 1 aliphatic carbocycles. The Labute approximate surface area is 203 Å². The Balaban J connectivity index is 1.15. The number of benzene rings is 2. The third kappa shape index (κ3) is 3.80. The zero-order valence-corrected chi connectivity index (χ0v) is 19.1. The Bertz CT molecular complexity index is 1280. The molecule has 3 heterocycles. The third-order valence-corrected chi connectivity index (χ3v) is 7.11. The summed E-state index contributed by atoms with van der Waals surface area (Å²) in [4.78, 5) is 48.4. The van der Waals surface area contributed by atoms with Crippen LogP contribution in [-0.2, 0) is 4.79 Å². The summed E-state index contributed by atoms with van der Waals surface area (Å²) < 4.78 is 0. The molecular weight excluding hydrogens is 442 g/mol. The lowest BCUT2D eigenvalue weighted by Gasteiger charge is -2.35. The van der Waals surface area contributed by atoms with E-state index in [4.69, 9.17) is 0 Å². The lowest BCUT2D eigenvalue weighted by molar-refractivity contribution is -0.129. The van der Waals surface area contributed by atoms with E-state index >= 15 is 0 Å². The van der Waals surface area contributed by atoms with Gasteiger partial charge in [0, 0.05) is 43.0 Å². The molecular formula is C27H25N5O3. The predicted octanol–water partition coefficient (Wildman–Crippen LogP) is 3.79. The van der Waals surface area contributed by atoms with Crippen molar-refractivity contribution in [3.8, 4) is 11.1 Å². The van der Waals surface area contributed by atoms with Crippen LogP contribution in [0.25, 0.3) is 11.1 Å². The number of hydrogen-bond donors (Lipinski definition) is 1. The smallest absolute Gasteiger partial charge is 0.320 e. The topological polar surface area (TPSA) is 85.8 Å². The van der Waals surface area contributed by atoms with Crippen molar-refractivity contribution in [2.45, 2.75) is 24.4 Å². The van der Waals surface area contributed by atoms with E-state index in [9.17, 15) is 14.4 Å². The van der Waals surface area contributed by atoms with Gasteiger partial charge in [-0.05, 0) is 23.6 Å². The molecule has 3 fully saturated rings. The first-order valence-electron chi connectivity index (χ1n) is 11.9. The molecule has 1 aromatic heterocycles. The number of carbonyl (C=O) groups is 3. The fraction of sp³-hybridized carbons (Fsp3) is 0.259. The number of pyridine rings is 1. The highest BCUT2D eigenvalue weighted by molar-refractivity contribution is 6.06. The number of rotatable bonds is 4. The molecule has 3 aromatic rings. The summed E-state index contributed by atoms with van der Waals surface area (Å²) in [6.45, 7) is 0.888. The van der Waals surface area contributed by atoms with Gasteiger partial charge < -0.3 is 15.1 Å². The van der Waals surface area contributed by atoms with Gasteiger partial charge >= 0.3 is 12.1 Å². The van der Waals surface area contributed by atoms with Crippen LogP contribution in [0.1, 0.15) is 17.9 Å². The quantitative estimate of drug-likeness (QED) is 0.592. The van der Waals surface area contributed by atoms with Crippen LogP contribution in [0.4, 0.5) is 15.3 Å². The van der Waals surface area contributed by atoms with Crippen LogP contribution in [0.5, 0.6) is 0 Å². The summed E-state index contributed by atoms with van der Waals surface area (Å²) in [5, 5.41) is 2.98. The fourth-order valence-corrected chi connectivity index (χ4v) is 5.18. The minimum absolute atomic E-state index is 0.101. The summed E-state index contributed by atoms with van der Waals surface area (Å²) in [7, 11) is 0. The van der Waals surface area contributed by atoms with E-state index in [1.807, 2.05) is 60.7 Å². The minimum atomic E-state index is -0.634. The largest absolute Gasteiger partial charge is 0.327 e. The molecule has 2 aliphatic heterocycles. The first-order valence-corrected chi connectivity index (χ1v) is 11.9. The minimum Gasteiger partial charge on any atom is -0.320 e. The molecule has 8 heteroatoms. The predicted molar refractivity (Wildman–Crippen MR) is 131 cm³/mol. The molecule has 3 atom stereocenters. The van der Waals surface area contributed by atoms with E-state index in [2.05, 4.69) is 10.3 Å². The van der Waals surface area contributed by atoms with Crippen molar-refractivity contribution in [3.05, 3.63) is 84.7 Å². The number of piperazine rings is 1. The molecule has 176 valence electrons. The maximum absolute atomic E-state index is 13.3. The molecule has 8 nitrogen and oxygen atoms in total. The molecule has 1 saturated carbocycles. The number of imide groups is 1. The summed E-state index contributed by atoms with van der Waals surface area (Å²) in [5.41, 5.74) is 3.57. The Morgan fingerprint density at radius 2 is 1.69 bits per heavy atom. The first kappa shape index (κ1) is 21.3. The number of amides is 5. The monoisotopic (exact) mass is 467 g/mol. The number of nitrogens with one attached hydrogen (secondary N) is 1. The Morgan fingerprint density at radius 3 is 2.46 bits per heavy atom. The molecule has 35 heavy (non-hydrogen) atoms. The highest BCUT2D eigenvalue weighted by atomic mass is 16.2. The normalized spacial score (nSPS) is 23.3. The second-order valence-electron chi connectivity index (χ2n) is 9.18. The fourth-order valence-electron chi connectivity index (χ4n) is 5.18. The molecule has 0 bridgehead atoms. The van der Waals surface area contributed by atoms with Crippen molar-refractivity contribution in [1.82, 2.24) is 19.7 Å². The number of fused-ring (bicyclic) bond motifs is 1. The third-order valence-electron chi connectivity index (χ3n) is 7.11. The van der Waals surface area contributed by atoms with Gasteiger partial charge in [-0.2, -0.15) is 0 Å². The van der Waals surface area contributed by atoms with Crippen molar-refractivity contribution in [2.75, 3.05) is 25.0 Å². The molecule has 2 aromatic carbocycles. The highest BCUT2D eigenvalue weighted by Crippen LogP contribution is 2.46. The molecule has 2 saturated heterocycles. The van der Waals surface area contributed by atoms with Crippen LogP contribution in [0.2, 0.25) is 0 Å². The summed E-state index contributed by atoms with van der Waals surface area (Å²) >= 11 is 0. The highest BCUT2D eigenvalue weighted by Gasteiger charge is 2.56. The number of carbonyl (C=O) groups excluding carboxylic acids is 3. The molecule has 0 unspecified atom stereocenters. The van der Waals surface area contributed by atoms with E-state index in [-0.39, 0.29) is 36.5 Å². The Kier molecular flexibility index (Phi) is 5.21. The van der Waals surface area contributed by atoms with Gasteiger partial charge in [0.25, 0.3) is 5.91 Å². The summed E-state index contributed by atoms with van der Waals surface area (Å²) in [5.74, 6) is -0.0160.